The Bertz CT molecular complexity index is 545. The highest BCUT2D eigenvalue weighted by atomic mass is 16.1. The van der Waals surface area contributed by atoms with Crippen LogP contribution in [0.3, 0.4) is 0 Å². The molecule has 21 heavy (non-hydrogen) atoms. The summed E-state index contributed by atoms with van der Waals surface area (Å²) in [6.07, 6.45) is 3.80. The van der Waals surface area contributed by atoms with Crippen LogP contribution in [-0.4, -0.2) is 24.0 Å². The van der Waals surface area contributed by atoms with Crippen molar-refractivity contribution in [2.75, 3.05) is 13.1 Å². The van der Waals surface area contributed by atoms with Crippen LogP contribution in [0.1, 0.15) is 42.5 Å². The first-order chi connectivity index (χ1) is 10.1. The molecule has 0 bridgehead atoms. The fourth-order valence-electron chi connectivity index (χ4n) is 2.88. The molecule has 0 atom stereocenters. The molecule has 1 aromatic rings. The summed E-state index contributed by atoms with van der Waals surface area (Å²) in [7, 11) is 0. The Morgan fingerprint density at radius 2 is 2.05 bits per heavy atom. The van der Waals surface area contributed by atoms with Gasteiger partial charge in [0.2, 0.25) is 5.91 Å². The maximum absolute atomic E-state index is 11.9. The van der Waals surface area contributed by atoms with E-state index in [1.165, 1.54) is 0 Å². The van der Waals surface area contributed by atoms with Gasteiger partial charge in [-0.1, -0.05) is 0 Å². The Kier molecular flexibility index (Phi) is 5.56. The van der Waals surface area contributed by atoms with E-state index in [1.54, 1.807) is 0 Å². The second-order valence-electron chi connectivity index (χ2n) is 5.95. The standard InChI is InChI=1S/C16H25N3O2/c1-11-9-12(2)19-16(21)14(11)10-18-15(20)4-3-13-5-7-17-8-6-13/h9,13,17H,3-8,10H2,1-2H3,(H,18,20)(H,19,21). The van der Waals surface area contributed by atoms with Crippen molar-refractivity contribution in [3.05, 3.63) is 33.2 Å². The van der Waals surface area contributed by atoms with Gasteiger partial charge in [0.15, 0.2) is 0 Å². The third kappa shape index (κ3) is 4.70. The Balaban J connectivity index is 1.80. The van der Waals surface area contributed by atoms with Gasteiger partial charge in [-0.2, -0.15) is 0 Å². The molecule has 3 N–H and O–H groups in total. The molecule has 1 saturated heterocycles. The van der Waals surface area contributed by atoms with E-state index in [4.69, 9.17) is 0 Å². The Morgan fingerprint density at radius 3 is 2.71 bits per heavy atom. The summed E-state index contributed by atoms with van der Waals surface area (Å²) < 4.78 is 0. The minimum atomic E-state index is -0.105. The summed E-state index contributed by atoms with van der Waals surface area (Å²) in [4.78, 5) is 26.5. The average molecular weight is 291 g/mol. The molecule has 1 aromatic heterocycles. The van der Waals surface area contributed by atoms with Crippen molar-refractivity contribution in [2.45, 2.75) is 46.1 Å². The lowest BCUT2D eigenvalue weighted by molar-refractivity contribution is -0.121. The van der Waals surface area contributed by atoms with Gasteiger partial charge in [0.05, 0.1) is 0 Å². The van der Waals surface area contributed by atoms with Gasteiger partial charge >= 0.3 is 0 Å². The molecule has 1 aliphatic rings. The van der Waals surface area contributed by atoms with Gasteiger partial charge in [-0.05, 0) is 63.7 Å². The smallest absolute Gasteiger partial charge is 0.253 e. The van der Waals surface area contributed by atoms with Gasteiger partial charge in [-0.3, -0.25) is 9.59 Å². The number of H-pyrrole nitrogens is 1. The maximum atomic E-state index is 11.9. The van der Waals surface area contributed by atoms with Crippen molar-refractivity contribution in [1.82, 2.24) is 15.6 Å². The molecule has 0 aromatic carbocycles. The predicted molar refractivity (Wildman–Crippen MR) is 83.2 cm³/mol. The van der Waals surface area contributed by atoms with Crippen molar-refractivity contribution >= 4 is 5.91 Å². The quantitative estimate of drug-likeness (QED) is 0.767. The lowest BCUT2D eigenvalue weighted by atomic mass is 9.93. The van der Waals surface area contributed by atoms with Gasteiger partial charge in [0, 0.05) is 24.2 Å². The van der Waals surface area contributed by atoms with Gasteiger partial charge in [-0.25, -0.2) is 0 Å². The van der Waals surface area contributed by atoms with Crippen molar-refractivity contribution < 1.29 is 4.79 Å². The number of aromatic nitrogens is 1. The summed E-state index contributed by atoms with van der Waals surface area (Å²) in [5, 5.41) is 6.19. The number of aromatic amines is 1. The number of amides is 1. The molecule has 0 radical (unpaired) electrons. The normalized spacial score (nSPS) is 15.9. The van der Waals surface area contributed by atoms with E-state index in [1.807, 2.05) is 19.9 Å². The summed E-state index contributed by atoms with van der Waals surface area (Å²) in [5.41, 5.74) is 2.32. The number of aryl methyl sites for hydroxylation is 2. The molecule has 1 aliphatic heterocycles. The molecule has 2 rings (SSSR count). The number of pyridine rings is 1. The second kappa shape index (κ2) is 7.41. The van der Waals surface area contributed by atoms with E-state index in [9.17, 15) is 9.59 Å². The second-order valence-corrected chi connectivity index (χ2v) is 5.95. The monoisotopic (exact) mass is 291 g/mol. The summed E-state index contributed by atoms with van der Waals surface area (Å²) >= 11 is 0. The topological polar surface area (TPSA) is 74.0 Å². The van der Waals surface area contributed by atoms with E-state index in [0.717, 1.165) is 43.6 Å². The zero-order valence-electron chi connectivity index (χ0n) is 12.9. The van der Waals surface area contributed by atoms with Crippen LogP contribution in [0.4, 0.5) is 0 Å². The number of carbonyl (C=O) groups is 1. The molecule has 0 unspecified atom stereocenters. The van der Waals surface area contributed by atoms with Crippen molar-refractivity contribution in [2.24, 2.45) is 5.92 Å². The largest absolute Gasteiger partial charge is 0.352 e. The highest BCUT2D eigenvalue weighted by molar-refractivity contribution is 5.75. The van der Waals surface area contributed by atoms with E-state index in [0.29, 0.717) is 24.4 Å². The summed E-state index contributed by atoms with van der Waals surface area (Å²) in [5.74, 6) is 0.689. The first kappa shape index (κ1) is 15.8. The molecule has 0 spiro atoms. The van der Waals surface area contributed by atoms with Crippen LogP contribution in [0.15, 0.2) is 10.9 Å². The van der Waals surface area contributed by atoms with E-state index in [-0.39, 0.29) is 11.5 Å². The lowest BCUT2D eigenvalue weighted by Crippen LogP contribution is -2.30. The van der Waals surface area contributed by atoms with Crippen LogP contribution in [0.25, 0.3) is 0 Å². The van der Waals surface area contributed by atoms with Crippen LogP contribution >= 0.6 is 0 Å². The number of hydrogen-bond acceptors (Lipinski definition) is 3. The molecule has 1 amide bonds. The lowest BCUT2D eigenvalue weighted by Gasteiger charge is -2.22. The molecule has 0 aliphatic carbocycles. The predicted octanol–water partition coefficient (Wildman–Crippen LogP) is 1.39. The molecule has 116 valence electrons. The Labute approximate surface area is 125 Å². The van der Waals surface area contributed by atoms with E-state index >= 15 is 0 Å². The van der Waals surface area contributed by atoms with Crippen molar-refractivity contribution in [1.29, 1.82) is 0 Å². The van der Waals surface area contributed by atoms with Crippen LogP contribution in [-0.2, 0) is 11.3 Å². The zero-order valence-corrected chi connectivity index (χ0v) is 12.9. The maximum Gasteiger partial charge on any atom is 0.253 e. The summed E-state index contributed by atoms with van der Waals surface area (Å²) in [6.45, 7) is 6.19. The van der Waals surface area contributed by atoms with Gasteiger partial charge in [-0.15, -0.1) is 0 Å². The fourth-order valence-corrected chi connectivity index (χ4v) is 2.88. The highest BCUT2D eigenvalue weighted by Crippen LogP contribution is 2.17. The molecule has 2 heterocycles. The molecular weight excluding hydrogens is 266 g/mol. The molecule has 1 fully saturated rings. The van der Waals surface area contributed by atoms with Crippen LogP contribution in [0.5, 0.6) is 0 Å². The van der Waals surface area contributed by atoms with Crippen LogP contribution in [0.2, 0.25) is 0 Å². The molecule has 5 heteroatoms. The molecule has 0 saturated carbocycles. The van der Waals surface area contributed by atoms with Crippen molar-refractivity contribution in [3.8, 4) is 0 Å². The van der Waals surface area contributed by atoms with Gasteiger partial charge < -0.3 is 15.6 Å². The minimum Gasteiger partial charge on any atom is -0.352 e. The average Bonchev–Trinajstić information content (AvgIpc) is 2.45. The first-order valence-corrected chi connectivity index (χ1v) is 7.73. The Morgan fingerprint density at radius 1 is 1.33 bits per heavy atom. The number of hydrogen-bond donors (Lipinski definition) is 3. The number of piperidine rings is 1. The van der Waals surface area contributed by atoms with Crippen LogP contribution < -0.4 is 16.2 Å². The minimum absolute atomic E-state index is 0.0351. The highest BCUT2D eigenvalue weighted by Gasteiger charge is 2.14. The number of rotatable bonds is 5. The fraction of sp³-hybridized carbons (Fsp3) is 0.625. The third-order valence-corrected chi connectivity index (χ3v) is 4.19. The van der Waals surface area contributed by atoms with Gasteiger partial charge in [0.25, 0.3) is 5.56 Å². The Hall–Kier alpha value is -1.62. The van der Waals surface area contributed by atoms with Crippen molar-refractivity contribution in [3.63, 3.8) is 0 Å². The van der Waals surface area contributed by atoms with E-state index < -0.39 is 0 Å². The van der Waals surface area contributed by atoms with Gasteiger partial charge in [0.1, 0.15) is 0 Å². The van der Waals surface area contributed by atoms with Crippen LogP contribution in [0, 0.1) is 19.8 Å². The molecule has 5 nitrogen and oxygen atoms in total. The van der Waals surface area contributed by atoms with E-state index in [2.05, 4.69) is 15.6 Å². The zero-order chi connectivity index (χ0) is 15.2. The summed E-state index contributed by atoms with van der Waals surface area (Å²) in [6, 6.07) is 1.93. The first-order valence-electron chi connectivity index (χ1n) is 7.73. The SMILES string of the molecule is Cc1cc(C)c(CNC(=O)CCC2CCNCC2)c(=O)[nH]1. The number of carbonyl (C=O) groups excluding carboxylic acids is 1. The molecular formula is C16H25N3O2. The number of nitrogens with one attached hydrogen (secondary N) is 3. The third-order valence-electron chi connectivity index (χ3n) is 4.19.